The fourth-order valence-electron chi connectivity index (χ4n) is 2.95. The summed E-state index contributed by atoms with van der Waals surface area (Å²) in [5.41, 5.74) is 8.13. The molecule has 1 heterocycles. The van der Waals surface area contributed by atoms with Gasteiger partial charge >= 0.3 is 0 Å². The van der Waals surface area contributed by atoms with Gasteiger partial charge in [0.05, 0.1) is 16.3 Å². The summed E-state index contributed by atoms with van der Waals surface area (Å²) in [5.74, 6) is -0.0152. The van der Waals surface area contributed by atoms with Gasteiger partial charge in [-0.15, -0.1) is 0 Å². The number of carbonyl (C=O) groups excluding carboxylic acids is 1. The third-order valence-electron chi connectivity index (χ3n) is 4.53. The van der Waals surface area contributed by atoms with Crippen LogP contribution < -0.4 is 11.1 Å². The molecule has 0 spiro atoms. The number of carbonyl (C=O) groups is 1. The summed E-state index contributed by atoms with van der Waals surface area (Å²) in [4.78, 5) is 12.4. The lowest BCUT2D eigenvalue weighted by molar-refractivity contribution is 0.0953. The second-order valence-corrected chi connectivity index (χ2v) is 8.74. The number of hydrogen-bond donors (Lipinski definition) is 2. The molecule has 0 saturated carbocycles. The van der Waals surface area contributed by atoms with Crippen LogP contribution in [0.15, 0.2) is 59.5 Å². The lowest BCUT2D eigenvalue weighted by Crippen LogP contribution is -2.24. The van der Waals surface area contributed by atoms with E-state index in [4.69, 9.17) is 5.73 Å². The molecule has 3 rings (SSSR count). The number of nitrogens with one attached hydrogen (secondary N) is 1. The first-order valence-corrected chi connectivity index (χ1v) is 11.1. The first kappa shape index (κ1) is 21.1. The molecule has 8 nitrogen and oxygen atoms in total. The number of nitrogens with two attached hydrogens (primary N) is 1. The Hall–Kier alpha value is -3.64. The van der Waals surface area contributed by atoms with Gasteiger partial charge in [-0.2, -0.15) is 10.4 Å². The number of hydrogen-bond acceptors (Lipinski definition) is 6. The number of sulfone groups is 1. The molecule has 30 heavy (non-hydrogen) atoms. The van der Waals surface area contributed by atoms with E-state index in [1.807, 2.05) is 30.3 Å². The Morgan fingerprint density at radius 3 is 2.43 bits per heavy atom. The van der Waals surface area contributed by atoms with E-state index in [1.165, 1.54) is 28.9 Å². The molecule has 0 fully saturated rings. The number of amides is 1. The van der Waals surface area contributed by atoms with Crippen LogP contribution in [0, 0.1) is 11.3 Å². The quantitative estimate of drug-likeness (QED) is 0.560. The van der Waals surface area contributed by atoms with E-state index in [0.29, 0.717) is 36.2 Å². The molecular weight excluding hydrogens is 402 g/mol. The van der Waals surface area contributed by atoms with E-state index in [1.54, 1.807) is 0 Å². The van der Waals surface area contributed by atoms with E-state index in [0.717, 1.165) is 11.9 Å². The Bertz CT molecular complexity index is 1190. The Balaban J connectivity index is 1.60. The molecule has 154 valence electrons. The van der Waals surface area contributed by atoms with Crippen LogP contribution in [0.5, 0.6) is 0 Å². The van der Waals surface area contributed by atoms with E-state index in [9.17, 15) is 18.5 Å². The van der Waals surface area contributed by atoms with Crippen molar-refractivity contribution >= 4 is 21.6 Å². The van der Waals surface area contributed by atoms with Crippen molar-refractivity contribution in [2.24, 2.45) is 0 Å². The van der Waals surface area contributed by atoms with E-state index < -0.39 is 9.84 Å². The fraction of sp³-hybridized carbons (Fsp3) is 0.190. The van der Waals surface area contributed by atoms with Gasteiger partial charge in [0.25, 0.3) is 5.91 Å². The minimum Gasteiger partial charge on any atom is -0.382 e. The lowest BCUT2D eigenvalue weighted by Gasteiger charge is -2.05. The van der Waals surface area contributed by atoms with Gasteiger partial charge in [-0.3, -0.25) is 4.79 Å². The highest BCUT2D eigenvalue weighted by atomic mass is 32.2. The average Bonchev–Trinajstić information content (AvgIpc) is 3.06. The van der Waals surface area contributed by atoms with Crippen molar-refractivity contribution in [3.63, 3.8) is 0 Å². The second kappa shape index (κ2) is 8.80. The van der Waals surface area contributed by atoms with Crippen molar-refractivity contribution in [3.05, 3.63) is 71.4 Å². The maximum absolute atomic E-state index is 12.2. The molecule has 0 radical (unpaired) electrons. The molecule has 0 atom stereocenters. The first-order valence-electron chi connectivity index (χ1n) is 9.22. The van der Waals surface area contributed by atoms with E-state index in [-0.39, 0.29) is 16.6 Å². The van der Waals surface area contributed by atoms with Crippen LogP contribution in [0.25, 0.3) is 5.69 Å². The van der Waals surface area contributed by atoms with Crippen LogP contribution in [0.2, 0.25) is 0 Å². The van der Waals surface area contributed by atoms with Crippen LogP contribution in [-0.2, 0) is 16.3 Å². The Morgan fingerprint density at radius 2 is 1.83 bits per heavy atom. The largest absolute Gasteiger partial charge is 0.382 e. The maximum Gasteiger partial charge on any atom is 0.251 e. The lowest BCUT2D eigenvalue weighted by atomic mass is 10.1. The smallest absolute Gasteiger partial charge is 0.251 e. The van der Waals surface area contributed by atoms with Crippen molar-refractivity contribution in [2.75, 3.05) is 18.5 Å². The number of benzene rings is 2. The third-order valence-corrected chi connectivity index (χ3v) is 5.66. The predicted molar refractivity (Wildman–Crippen MR) is 113 cm³/mol. The number of nitriles is 1. The van der Waals surface area contributed by atoms with E-state index >= 15 is 0 Å². The Labute approximate surface area is 174 Å². The van der Waals surface area contributed by atoms with Gasteiger partial charge in [0, 0.05) is 18.4 Å². The molecule has 0 aliphatic carbocycles. The molecule has 0 saturated heterocycles. The standard InChI is InChI=1S/C21H21N5O3S/c1-30(28,29)17-11-9-15(10-12-17)21(27)24-13-5-8-19-18(14-22)20(23)26(25-19)16-6-3-2-4-7-16/h2-4,6-7,9-12H,5,8,13,23H2,1H3,(H,24,27). The van der Waals surface area contributed by atoms with Gasteiger partial charge < -0.3 is 11.1 Å². The zero-order valence-corrected chi connectivity index (χ0v) is 17.2. The highest BCUT2D eigenvalue weighted by Crippen LogP contribution is 2.21. The SMILES string of the molecule is CS(=O)(=O)c1ccc(C(=O)NCCCc2nn(-c3ccccc3)c(N)c2C#N)cc1. The summed E-state index contributed by atoms with van der Waals surface area (Å²) in [7, 11) is -3.30. The molecule has 3 N–H and O–H groups in total. The van der Waals surface area contributed by atoms with Crippen molar-refractivity contribution < 1.29 is 13.2 Å². The van der Waals surface area contributed by atoms with Gasteiger partial charge in [0.1, 0.15) is 17.5 Å². The molecule has 0 bridgehead atoms. The third kappa shape index (κ3) is 4.67. The molecule has 2 aromatic carbocycles. The molecule has 0 unspecified atom stereocenters. The molecule has 3 aromatic rings. The summed E-state index contributed by atoms with van der Waals surface area (Å²) >= 11 is 0. The number of rotatable bonds is 7. The number of nitrogens with zero attached hydrogens (tertiary/aromatic N) is 3. The van der Waals surface area contributed by atoms with Crippen LogP contribution >= 0.6 is 0 Å². The molecule has 0 aliphatic rings. The zero-order valence-electron chi connectivity index (χ0n) is 16.4. The summed E-state index contributed by atoms with van der Waals surface area (Å²) in [6.45, 7) is 0.371. The van der Waals surface area contributed by atoms with Crippen LogP contribution in [0.3, 0.4) is 0 Å². The number of para-hydroxylation sites is 1. The number of anilines is 1. The molecule has 1 amide bonds. The van der Waals surface area contributed by atoms with Crippen molar-refractivity contribution in [1.82, 2.24) is 15.1 Å². The Morgan fingerprint density at radius 1 is 1.17 bits per heavy atom. The summed E-state index contributed by atoms with van der Waals surface area (Å²) in [6, 6.07) is 17.2. The van der Waals surface area contributed by atoms with Gasteiger partial charge in [-0.1, -0.05) is 18.2 Å². The predicted octanol–water partition coefficient (Wildman–Crippen LogP) is 2.09. The van der Waals surface area contributed by atoms with Gasteiger partial charge in [0.15, 0.2) is 9.84 Å². The van der Waals surface area contributed by atoms with Gasteiger partial charge in [-0.25, -0.2) is 13.1 Å². The van der Waals surface area contributed by atoms with Gasteiger partial charge in [0.2, 0.25) is 0 Å². The highest BCUT2D eigenvalue weighted by molar-refractivity contribution is 7.90. The molecular formula is C21H21N5O3S. The zero-order chi connectivity index (χ0) is 21.7. The van der Waals surface area contributed by atoms with Gasteiger partial charge in [-0.05, 0) is 49.2 Å². The minimum absolute atomic E-state index is 0.162. The van der Waals surface area contributed by atoms with Crippen LogP contribution in [0.4, 0.5) is 5.82 Å². The number of nitrogen functional groups attached to an aromatic ring is 1. The highest BCUT2D eigenvalue weighted by Gasteiger charge is 2.16. The molecule has 0 aliphatic heterocycles. The maximum atomic E-state index is 12.2. The normalized spacial score (nSPS) is 11.1. The topological polar surface area (TPSA) is 131 Å². The first-order chi connectivity index (χ1) is 14.3. The fourth-order valence-corrected chi connectivity index (χ4v) is 3.58. The Kier molecular flexibility index (Phi) is 6.18. The average molecular weight is 423 g/mol. The minimum atomic E-state index is -3.30. The summed E-state index contributed by atoms with van der Waals surface area (Å²) in [6.07, 6.45) is 2.15. The monoisotopic (exact) mass is 423 g/mol. The second-order valence-electron chi connectivity index (χ2n) is 6.72. The van der Waals surface area contributed by atoms with Crippen molar-refractivity contribution in [1.29, 1.82) is 5.26 Å². The van der Waals surface area contributed by atoms with Crippen molar-refractivity contribution in [2.45, 2.75) is 17.7 Å². The van der Waals surface area contributed by atoms with Crippen LogP contribution in [-0.4, -0.2) is 36.9 Å². The molecule has 9 heteroatoms. The number of aromatic nitrogens is 2. The number of aryl methyl sites for hydroxylation is 1. The summed E-state index contributed by atoms with van der Waals surface area (Å²) in [5, 5.41) is 16.7. The van der Waals surface area contributed by atoms with E-state index in [2.05, 4.69) is 16.5 Å². The van der Waals surface area contributed by atoms with Crippen molar-refractivity contribution in [3.8, 4) is 11.8 Å². The van der Waals surface area contributed by atoms with Crippen LogP contribution in [0.1, 0.15) is 28.0 Å². The molecule has 1 aromatic heterocycles. The summed E-state index contributed by atoms with van der Waals surface area (Å²) < 4.78 is 24.5.